The van der Waals surface area contributed by atoms with E-state index in [1.165, 1.54) is 5.56 Å². The number of aliphatic hydroxyl groups excluding tert-OH is 6. The number of aromatic nitrogens is 1. The highest BCUT2D eigenvalue weighted by atomic mass is 16.4. The van der Waals surface area contributed by atoms with E-state index >= 15 is 0 Å². The van der Waals surface area contributed by atoms with E-state index in [1.54, 1.807) is 22.9 Å². The lowest BCUT2D eigenvalue weighted by Crippen LogP contribution is -2.48. The lowest BCUT2D eigenvalue weighted by Gasteiger charge is -2.29. The summed E-state index contributed by atoms with van der Waals surface area (Å²) in [5.41, 5.74) is 2.59. The van der Waals surface area contributed by atoms with Crippen molar-refractivity contribution in [1.29, 1.82) is 0 Å². The predicted molar refractivity (Wildman–Crippen MR) is 95.4 cm³/mol. The second kappa shape index (κ2) is 9.27. The van der Waals surface area contributed by atoms with Gasteiger partial charge < -0.3 is 35.2 Å². The Kier molecular flexibility index (Phi) is 7.33. The first-order valence-corrected chi connectivity index (χ1v) is 8.63. The van der Waals surface area contributed by atoms with E-state index in [2.05, 4.69) is 6.92 Å². The van der Waals surface area contributed by atoms with Crippen molar-refractivity contribution in [3.63, 3.8) is 0 Å². The minimum absolute atomic E-state index is 0.363. The Labute approximate surface area is 152 Å². The number of rotatable bonds is 9. The molecule has 1 aromatic heterocycles. The van der Waals surface area contributed by atoms with Crippen molar-refractivity contribution in [2.75, 3.05) is 6.61 Å². The first-order valence-electron chi connectivity index (χ1n) is 8.63. The second-order valence-electron chi connectivity index (χ2n) is 6.40. The van der Waals surface area contributed by atoms with Crippen LogP contribution in [0, 0.1) is 0 Å². The average Bonchev–Trinajstić information content (AvgIpc) is 3.13. The SMILES string of the molecule is CCc1ccc(Cn2cccc2C(O)[C@H](O)[C@@H](O)[C@H](O)[C@H](O)CO)cc1. The predicted octanol–water partition coefficient (Wildman–Crippen LogP) is -0.432. The topological polar surface area (TPSA) is 126 Å². The van der Waals surface area contributed by atoms with Gasteiger partial charge in [-0.1, -0.05) is 31.2 Å². The summed E-state index contributed by atoms with van der Waals surface area (Å²) in [5.74, 6) is 0. The Bertz CT molecular complexity index is 671. The molecular weight excluding hydrogens is 338 g/mol. The fourth-order valence-electron chi connectivity index (χ4n) is 2.82. The third kappa shape index (κ3) is 4.70. The van der Waals surface area contributed by atoms with E-state index in [0.717, 1.165) is 12.0 Å². The van der Waals surface area contributed by atoms with Gasteiger partial charge in [-0.25, -0.2) is 0 Å². The Hall–Kier alpha value is -1.74. The second-order valence-corrected chi connectivity index (χ2v) is 6.40. The van der Waals surface area contributed by atoms with Crippen molar-refractivity contribution in [3.8, 4) is 0 Å². The molecule has 2 aromatic rings. The lowest BCUT2D eigenvalue weighted by atomic mass is 9.97. The van der Waals surface area contributed by atoms with Gasteiger partial charge in [0.2, 0.25) is 0 Å². The van der Waals surface area contributed by atoms with Crippen molar-refractivity contribution < 1.29 is 30.6 Å². The summed E-state index contributed by atoms with van der Waals surface area (Å²) in [4.78, 5) is 0. The van der Waals surface area contributed by atoms with Crippen LogP contribution in [0.1, 0.15) is 29.8 Å². The molecule has 5 atom stereocenters. The van der Waals surface area contributed by atoms with Crippen LogP contribution >= 0.6 is 0 Å². The molecule has 0 aliphatic rings. The molecule has 1 unspecified atom stereocenters. The fourth-order valence-corrected chi connectivity index (χ4v) is 2.82. The molecular formula is C19H27NO6. The summed E-state index contributed by atoms with van der Waals surface area (Å²) in [7, 11) is 0. The highest BCUT2D eigenvalue weighted by Crippen LogP contribution is 2.23. The Balaban J connectivity index is 2.12. The van der Waals surface area contributed by atoms with E-state index < -0.39 is 37.1 Å². The molecule has 0 aliphatic carbocycles. The van der Waals surface area contributed by atoms with Crippen LogP contribution in [-0.2, 0) is 13.0 Å². The van der Waals surface area contributed by atoms with Crippen molar-refractivity contribution in [3.05, 3.63) is 59.4 Å². The molecule has 7 heteroatoms. The standard InChI is InChI=1S/C19H27NO6/c1-2-12-5-7-13(8-6-12)10-20-9-3-4-14(20)16(23)18(25)19(26)17(24)15(22)11-21/h3-9,15-19,21-26H,2,10-11H2,1H3/t15-,16?,17-,18+,19+/m1/s1. The van der Waals surface area contributed by atoms with Crippen LogP contribution in [0.25, 0.3) is 0 Å². The molecule has 26 heavy (non-hydrogen) atoms. The third-order valence-electron chi connectivity index (χ3n) is 4.56. The van der Waals surface area contributed by atoms with Crippen LogP contribution in [0.3, 0.4) is 0 Å². The third-order valence-corrected chi connectivity index (χ3v) is 4.56. The Morgan fingerprint density at radius 1 is 0.846 bits per heavy atom. The summed E-state index contributed by atoms with van der Waals surface area (Å²) in [6, 6.07) is 11.3. The molecule has 1 aromatic carbocycles. The van der Waals surface area contributed by atoms with Crippen molar-refractivity contribution in [2.45, 2.75) is 50.4 Å². The van der Waals surface area contributed by atoms with Crippen molar-refractivity contribution >= 4 is 0 Å². The van der Waals surface area contributed by atoms with Gasteiger partial charge in [-0.15, -0.1) is 0 Å². The average molecular weight is 365 g/mol. The van der Waals surface area contributed by atoms with Gasteiger partial charge in [-0.3, -0.25) is 0 Å². The van der Waals surface area contributed by atoms with Gasteiger partial charge in [0.15, 0.2) is 0 Å². The molecule has 0 aliphatic heterocycles. The molecule has 0 saturated carbocycles. The highest BCUT2D eigenvalue weighted by molar-refractivity contribution is 5.24. The maximum atomic E-state index is 10.4. The largest absolute Gasteiger partial charge is 0.394 e. The normalized spacial score (nSPS) is 17.5. The minimum Gasteiger partial charge on any atom is -0.394 e. The first-order chi connectivity index (χ1) is 12.4. The molecule has 0 radical (unpaired) electrons. The van der Waals surface area contributed by atoms with Gasteiger partial charge in [0.1, 0.15) is 30.5 Å². The van der Waals surface area contributed by atoms with E-state index in [0.29, 0.717) is 12.2 Å². The molecule has 0 amide bonds. The van der Waals surface area contributed by atoms with Gasteiger partial charge >= 0.3 is 0 Å². The summed E-state index contributed by atoms with van der Waals surface area (Å²) >= 11 is 0. The van der Waals surface area contributed by atoms with Gasteiger partial charge in [0.05, 0.1) is 6.61 Å². The van der Waals surface area contributed by atoms with Crippen LogP contribution in [0.5, 0.6) is 0 Å². The number of nitrogens with zero attached hydrogens (tertiary/aromatic N) is 1. The van der Waals surface area contributed by atoms with E-state index in [-0.39, 0.29) is 0 Å². The number of benzene rings is 1. The summed E-state index contributed by atoms with van der Waals surface area (Å²) in [6.07, 6.45) is -5.74. The number of hydrogen-bond donors (Lipinski definition) is 6. The Morgan fingerprint density at radius 2 is 1.46 bits per heavy atom. The zero-order valence-electron chi connectivity index (χ0n) is 14.7. The Morgan fingerprint density at radius 3 is 2.04 bits per heavy atom. The molecule has 144 valence electrons. The minimum atomic E-state index is -1.82. The first kappa shape index (κ1) is 20.6. The van der Waals surface area contributed by atoms with E-state index in [4.69, 9.17) is 5.11 Å². The number of aliphatic hydroxyl groups is 6. The molecule has 7 nitrogen and oxygen atoms in total. The van der Waals surface area contributed by atoms with E-state index in [9.17, 15) is 25.5 Å². The summed E-state index contributed by atoms with van der Waals surface area (Å²) < 4.78 is 1.73. The van der Waals surface area contributed by atoms with Crippen molar-refractivity contribution in [2.24, 2.45) is 0 Å². The van der Waals surface area contributed by atoms with Gasteiger partial charge in [-0.2, -0.15) is 0 Å². The molecule has 1 heterocycles. The van der Waals surface area contributed by atoms with Gasteiger partial charge in [0, 0.05) is 18.4 Å². The highest BCUT2D eigenvalue weighted by Gasteiger charge is 2.35. The maximum Gasteiger partial charge on any atom is 0.122 e. The molecule has 2 rings (SSSR count). The monoisotopic (exact) mass is 365 g/mol. The summed E-state index contributed by atoms with van der Waals surface area (Å²) in [5, 5.41) is 58.5. The summed E-state index contributed by atoms with van der Waals surface area (Å²) in [6.45, 7) is 1.77. The zero-order valence-corrected chi connectivity index (χ0v) is 14.7. The van der Waals surface area contributed by atoms with Crippen LogP contribution in [0.4, 0.5) is 0 Å². The molecule has 0 spiro atoms. The van der Waals surface area contributed by atoms with Crippen LogP contribution in [0.2, 0.25) is 0 Å². The van der Waals surface area contributed by atoms with Gasteiger partial charge in [0.25, 0.3) is 0 Å². The molecule has 0 saturated heterocycles. The number of aryl methyl sites for hydroxylation is 1. The smallest absolute Gasteiger partial charge is 0.122 e. The quantitative estimate of drug-likeness (QED) is 0.358. The molecule has 0 bridgehead atoms. The van der Waals surface area contributed by atoms with Gasteiger partial charge in [-0.05, 0) is 29.7 Å². The molecule has 0 fully saturated rings. The van der Waals surface area contributed by atoms with Crippen LogP contribution in [0.15, 0.2) is 42.6 Å². The maximum absolute atomic E-state index is 10.4. The lowest BCUT2D eigenvalue weighted by molar-refractivity contribution is -0.142. The van der Waals surface area contributed by atoms with Crippen LogP contribution < -0.4 is 0 Å². The fraction of sp³-hybridized carbons (Fsp3) is 0.474. The zero-order chi connectivity index (χ0) is 19.3. The number of hydrogen-bond acceptors (Lipinski definition) is 6. The van der Waals surface area contributed by atoms with Crippen molar-refractivity contribution in [1.82, 2.24) is 4.57 Å². The molecule has 6 N–H and O–H groups in total. The van der Waals surface area contributed by atoms with E-state index in [1.807, 2.05) is 24.3 Å². The van der Waals surface area contributed by atoms with Crippen LogP contribution in [-0.4, -0.2) is 66.2 Å².